The van der Waals surface area contributed by atoms with Crippen LogP contribution < -0.4 is 65.3 Å². The van der Waals surface area contributed by atoms with Crippen LogP contribution in [-0.2, 0) is 60.8 Å². The van der Waals surface area contributed by atoms with Gasteiger partial charge in [0.1, 0.15) is 54.3 Å². The minimum Gasteiger partial charge on any atom is -0.508 e. The van der Waals surface area contributed by atoms with Gasteiger partial charge in [-0.2, -0.15) is 0 Å². The fourth-order valence-electron chi connectivity index (χ4n) is 10.6. The third kappa shape index (κ3) is 21.6. The molecule has 0 aliphatic carbocycles. The second-order valence-electron chi connectivity index (χ2n) is 23.4. The van der Waals surface area contributed by atoms with Gasteiger partial charge in [0.15, 0.2) is 5.96 Å². The number of aliphatic hydroxyl groups is 1. The number of aromatic hydroxyl groups is 1. The molecule has 1 fully saturated rings. The SMILES string of the molecule is CCC(C)C(C(=O)NC(CCCCN)C(=O)N1CCN(c2ccc3ncn(C(CO)C(=O)NC(CCCN=C(N)N)C(=O)NC(Cc4cnc[nH]4)C(=O)NC(Cc4ccc(O)cc4)C(=O)NC(CC(C)C)C(=O)NC(C=O)CC(N)=O)c(=O)c3c2)CC1)N(C)C(C)=O. The van der Waals surface area contributed by atoms with Gasteiger partial charge in [-0.3, -0.25) is 57.5 Å². The molecule has 92 heavy (non-hydrogen) atoms. The first-order chi connectivity index (χ1) is 43.8. The van der Waals surface area contributed by atoms with Gasteiger partial charge in [0.2, 0.25) is 53.2 Å². The molecule has 1 saturated heterocycles. The standard InChI is InChI=1S/C61H90N18O13/c1-7-36(4)52(76(6)37(5)82)58(90)72-46(11-8-9-19-62)60(92)78-23-21-77(22-24-78)41-15-18-44-43(29-41)59(91)79(34-69-44)50(32-81)57(89)71-45(12-10-20-67-61(64)65)53(85)75-49(27-39-30-66-33-68-39)56(88)74-48(26-38-13-16-42(83)17-14-38)55(87)73-47(25-35(2)3)54(86)70-40(31-80)28-51(63)84/h13-18,29-31,33-36,40,45-50,52,81,83H,7-12,19-28,32,62H2,1-6H3,(H2,63,84)(H,66,68)(H,70,86)(H,71,89)(H,72,90)(H,73,87)(H,74,88)(H,75,85)(H4,64,65,67). The molecule has 3 heterocycles. The van der Waals surface area contributed by atoms with E-state index in [1.165, 1.54) is 48.6 Å². The number of primary amides is 1. The van der Waals surface area contributed by atoms with E-state index in [9.17, 15) is 63.0 Å². The zero-order chi connectivity index (χ0) is 67.8. The van der Waals surface area contributed by atoms with Crippen LogP contribution in [0.15, 0.2) is 71.1 Å². The van der Waals surface area contributed by atoms with E-state index < -0.39 is 108 Å². The number of phenols is 1. The third-order valence-electron chi connectivity index (χ3n) is 15.9. The number of H-pyrrole nitrogens is 1. The highest BCUT2D eigenvalue weighted by atomic mass is 16.3. The number of aromatic nitrogens is 4. The number of nitrogens with one attached hydrogen (secondary N) is 7. The van der Waals surface area contributed by atoms with Crippen LogP contribution >= 0.6 is 0 Å². The fourth-order valence-corrected chi connectivity index (χ4v) is 10.6. The number of benzene rings is 2. The molecule has 17 N–H and O–H groups in total. The Morgan fingerprint density at radius 1 is 0.772 bits per heavy atom. The van der Waals surface area contributed by atoms with E-state index in [1.807, 2.05) is 18.7 Å². The Morgan fingerprint density at radius 2 is 1.38 bits per heavy atom. The number of rotatable bonds is 36. The quantitative estimate of drug-likeness (QED) is 0.00977. The Balaban J connectivity index is 1.39. The van der Waals surface area contributed by atoms with E-state index in [0.717, 1.165) is 10.9 Å². The number of likely N-dealkylation sites (N-methyl/N-ethyl adjacent to an activating group) is 1. The number of aromatic amines is 1. The van der Waals surface area contributed by atoms with Crippen LogP contribution in [-0.4, -0.2) is 200 Å². The van der Waals surface area contributed by atoms with Crippen molar-refractivity contribution >= 4 is 82.0 Å². The topological polar surface area (TPSA) is 473 Å². The van der Waals surface area contributed by atoms with Gasteiger partial charge in [-0.05, 0) is 92.8 Å². The monoisotopic (exact) mass is 1280 g/mol. The maximum absolute atomic E-state index is 14.7. The second kappa shape index (κ2) is 35.8. The van der Waals surface area contributed by atoms with Crippen LogP contribution in [0, 0.1) is 11.8 Å². The van der Waals surface area contributed by atoms with Gasteiger partial charge in [0.05, 0.1) is 42.6 Å². The maximum atomic E-state index is 14.7. The number of guanidine groups is 1. The van der Waals surface area contributed by atoms with Crippen LogP contribution in [0.5, 0.6) is 5.75 Å². The Bertz CT molecular complexity index is 3260. The lowest BCUT2D eigenvalue weighted by Gasteiger charge is -2.38. The van der Waals surface area contributed by atoms with Crippen molar-refractivity contribution in [2.24, 2.45) is 39.8 Å². The predicted molar refractivity (Wildman–Crippen MR) is 340 cm³/mol. The number of nitrogens with two attached hydrogens (primary N) is 4. The molecular weight excluding hydrogens is 1190 g/mol. The lowest BCUT2D eigenvalue weighted by Crippen LogP contribution is -2.60. The van der Waals surface area contributed by atoms with Gasteiger partial charge < -0.3 is 89.5 Å². The van der Waals surface area contributed by atoms with Crippen LogP contribution in [0.4, 0.5) is 5.69 Å². The smallest absolute Gasteiger partial charge is 0.262 e. The van der Waals surface area contributed by atoms with E-state index in [-0.39, 0.29) is 98.0 Å². The number of hydrogen-bond donors (Lipinski definition) is 13. The summed E-state index contributed by atoms with van der Waals surface area (Å²) < 4.78 is 0.927. The number of amides is 9. The van der Waals surface area contributed by atoms with Gasteiger partial charge in [0, 0.05) is 77.1 Å². The van der Waals surface area contributed by atoms with Gasteiger partial charge in [-0.1, -0.05) is 46.2 Å². The summed E-state index contributed by atoms with van der Waals surface area (Å²) in [6.45, 7) is 9.35. The number of anilines is 1. The zero-order valence-corrected chi connectivity index (χ0v) is 53.0. The Labute approximate surface area is 533 Å². The molecular formula is C61H90N18O13. The molecule has 2 aromatic carbocycles. The van der Waals surface area contributed by atoms with Crippen molar-refractivity contribution in [1.82, 2.24) is 61.2 Å². The van der Waals surface area contributed by atoms with E-state index >= 15 is 0 Å². The average Bonchev–Trinajstić information content (AvgIpc) is 0.891. The second-order valence-corrected chi connectivity index (χ2v) is 23.4. The number of imidazole rings is 1. The summed E-state index contributed by atoms with van der Waals surface area (Å²) in [7, 11) is 1.56. The first-order valence-corrected chi connectivity index (χ1v) is 30.7. The highest BCUT2D eigenvalue weighted by Crippen LogP contribution is 2.23. The molecule has 2 aromatic heterocycles. The minimum atomic E-state index is -1.66. The number of carbonyl (C=O) groups is 10. The minimum absolute atomic E-state index is 0.00982. The van der Waals surface area contributed by atoms with Crippen molar-refractivity contribution in [1.29, 1.82) is 0 Å². The molecule has 0 bridgehead atoms. The summed E-state index contributed by atoms with van der Waals surface area (Å²) in [6, 6.07) is 0.316. The largest absolute Gasteiger partial charge is 0.508 e. The van der Waals surface area contributed by atoms with Gasteiger partial charge in [-0.25, -0.2) is 9.97 Å². The number of unbranched alkanes of at least 4 members (excludes halogenated alkanes) is 1. The summed E-state index contributed by atoms with van der Waals surface area (Å²) in [5, 5.41) is 36.9. The normalized spacial score (nSPS) is 15.2. The summed E-state index contributed by atoms with van der Waals surface area (Å²) in [4.78, 5) is 170. The zero-order valence-electron chi connectivity index (χ0n) is 53.0. The average molecular weight is 1280 g/mol. The number of aldehydes is 1. The molecule has 1 aliphatic rings. The molecule has 9 unspecified atom stereocenters. The number of phenolic OH excluding ortho intramolecular Hbond substituents is 1. The van der Waals surface area contributed by atoms with Gasteiger partial charge >= 0.3 is 0 Å². The van der Waals surface area contributed by atoms with Crippen molar-refractivity contribution < 1.29 is 58.2 Å². The molecule has 1 aliphatic heterocycles. The van der Waals surface area contributed by atoms with E-state index in [2.05, 4.69) is 51.8 Å². The number of fused-ring (bicyclic) bond motifs is 1. The molecule has 31 heteroatoms. The van der Waals surface area contributed by atoms with Gasteiger partial charge in [-0.15, -0.1) is 0 Å². The molecule has 5 rings (SSSR count). The van der Waals surface area contributed by atoms with Crippen molar-refractivity contribution in [2.45, 2.75) is 147 Å². The summed E-state index contributed by atoms with van der Waals surface area (Å²) in [5.74, 6) is -7.10. The Hall–Kier alpha value is -9.52. The molecule has 4 aromatic rings. The third-order valence-corrected chi connectivity index (χ3v) is 15.9. The number of nitrogens with zero attached hydrogens (tertiary/aromatic N) is 7. The summed E-state index contributed by atoms with van der Waals surface area (Å²) in [6.07, 6.45) is 5.32. The van der Waals surface area contributed by atoms with Crippen LogP contribution in [0.3, 0.4) is 0 Å². The first kappa shape index (κ1) is 73.2. The molecule has 0 saturated carbocycles. The summed E-state index contributed by atoms with van der Waals surface area (Å²) in [5.41, 5.74) is 23.1. The van der Waals surface area contributed by atoms with Crippen LogP contribution in [0.1, 0.15) is 103 Å². The number of aliphatic imine (C=N–C) groups is 1. The highest BCUT2D eigenvalue weighted by Gasteiger charge is 2.37. The summed E-state index contributed by atoms with van der Waals surface area (Å²) >= 11 is 0. The fraction of sp³-hybridized carbons (Fsp3) is 0.541. The van der Waals surface area contributed by atoms with Gasteiger partial charge in [0.25, 0.3) is 5.56 Å². The lowest BCUT2D eigenvalue weighted by atomic mass is 9.96. The number of hydrogen-bond acceptors (Lipinski definition) is 18. The number of carbonyl (C=O) groups excluding carboxylic acids is 10. The van der Waals surface area contributed by atoms with Crippen LogP contribution in [0.25, 0.3) is 10.9 Å². The van der Waals surface area contributed by atoms with E-state index in [0.29, 0.717) is 68.5 Å². The lowest BCUT2D eigenvalue weighted by molar-refractivity contribution is -0.142. The van der Waals surface area contributed by atoms with Crippen LogP contribution in [0.2, 0.25) is 0 Å². The Morgan fingerprint density at radius 3 is 1.96 bits per heavy atom. The molecule has 0 radical (unpaired) electrons. The van der Waals surface area contributed by atoms with Crippen molar-refractivity contribution in [2.75, 3.05) is 57.8 Å². The number of piperazine rings is 1. The maximum Gasteiger partial charge on any atom is 0.262 e. The van der Waals surface area contributed by atoms with Crippen molar-refractivity contribution in [3.05, 3.63) is 82.9 Å². The van der Waals surface area contributed by atoms with Crippen molar-refractivity contribution in [3.8, 4) is 5.75 Å². The molecule has 0 spiro atoms. The van der Waals surface area contributed by atoms with Crippen molar-refractivity contribution in [3.63, 3.8) is 0 Å². The molecule has 502 valence electrons. The predicted octanol–water partition coefficient (Wildman–Crippen LogP) is -2.40. The Kier molecular flexibility index (Phi) is 28.5. The van der Waals surface area contributed by atoms with E-state index in [4.69, 9.17) is 22.9 Å². The molecule has 31 nitrogen and oxygen atoms in total. The highest BCUT2D eigenvalue weighted by molar-refractivity contribution is 5.97. The van der Waals surface area contributed by atoms with E-state index in [1.54, 1.807) is 44.0 Å². The molecule has 9 amide bonds. The number of aliphatic hydroxyl groups excluding tert-OH is 1. The first-order valence-electron chi connectivity index (χ1n) is 30.7. The molecule has 9 atom stereocenters.